The summed E-state index contributed by atoms with van der Waals surface area (Å²) in [4.78, 5) is 4.15. The molecule has 0 bridgehead atoms. The number of hydrogen-bond donors (Lipinski definition) is 1. The molecular weight excluding hydrogens is 301 g/mol. The van der Waals surface area contributed by atoms with Crippen molar-refractivity contribution in [2.45, 2.75) is 6.36 Å². The normalized spacial score (nSPS) is 11.8. The van der Waals surface area contributed by atoms with E-state index in [2.05, 4.69) is 9.72 Å². The molecule has 0 spiro atoms. The summed E-state index contributed by atoms with van der Waals surface area (Å²) in [6.45, 7) is 0. The quantitative estimate of drug-likeness (QED) is 0.761. The zero-order chi connectivity index (χ0) is 15.0. The molecule has 108 valence electrons. The van der Waals surface area contributed by atoms with E-state index in [1.807, 2.05) is 18.2 Å². The number of fused-ring (bicyclic) bond motifs is 1. The van der Waals surface area contributed by atoms with Gasteiger partial charge in [0.05, 0.1) is 10.2 Å². The number of rotatable bonds is 2. The van der Waals surface area contributed by atoms with Gasteiger partial charge in [-0.25, -0.2) is 4.98 Å². The maximum atomic E-state index is 12.1. The minimum atomic E-state index is -4.68. The van der Waals surface area contributed by atoms with E-state index in [1.165, 1.54) is 23.5 Å². The van der Waals surface area contributed by atoms with Gasteiger partial charge in [-0.05, 0) is 35.4 Å². The Labute approximate surface area is 121 Å². The van der Waals surface area contributed by atoms with Crippen molar-refractivity contribution < 1.29 is 17.9 Å². The fourth-order valence-corrected chi connectivity index (χ4v) is 2.74. The highest BCUT2D eigenvalue weighted by Gasteiger charge is 2.30. The predicted molar refractivity (Wildman–Crippen MR) is 76.2 cm³/mol. The van der Waals surface area contributed by atoms with Crippen LogP contribution < -0.4 is 10.5 Å². The van der Waals surface area contributed by atoms with Crippen LogP contribution in [0.4, 0.5) is 18.3 Å². The summed E-state index contributed by atoms with van der Waals surface area (Å²) < 4.78 is 41.1. The van der Waals surface area contributed by atoms with Gasteiger partial charge in [-0.2, -0.15) is 0 Å². The van der Waals surface area contributed by atoms with Gasteiger partial charge >= 0.3 is 6.36 Å². The maximum Gasteiger partial charge on any atom is 0.573 e. The van der Waals surface area contributed by atoms with E-state index in [0.717, 1.165) is 21.3 Å². The molecule has 0 saturated carbocycles. The van der Waals surface area contributed by atoms with Crippen molar-refractivity contribution in [3.05, 3.63) is 42.5 Å². The van der Waals surface area contributed by atoms with Crippen LogP contribution in [-0.4, -0.2) is 11.3 Å². The van der Waals surface area contributed by atoms with Crippen LogP contribution in [0.2, 0.25) is 0 Å². The fraction of sp³-hybridized carbons (Fsp3) is 0.0714. The highest BCUT2D eigenvalue weighted by molar-refractivity contribution is 7.22. The Bertz CT molecular complexity index is 781. The smallest absolute Gasteiger partial charge is 0.406 e. The van der Waals surface area contributed by atoms with Gasteiger partial charge in [-0.1, -0.05) is 29.5 Å². The van der Waals surface area contributed by atoms with Crippen molar-refractivity contribution in [3.8, 4) is 16.9 Å². The SMILES string of the molecule is Nc1nc2ccc(-c3ccc(OC(F)(F)F)cc3)cc2s1. The number of halogens is 3. The van der Waals surface area contributed by atoms with Crippen LogP contribution in [0.5, 0.6) is 5.75 Å². The molecule has 21 heavy (non-hydrogen) atoms. The highest BCUT2D eigenvalue weighted by atomic mass is 32.1. The number of nitrogens with two attached hydrogens (primary N) is 1. The summed E-state index contributed by atoms with van der Waals surface area (Å²) in [6.07, 6.45) is -4.68. The zero-order valence-corrected chi connectivity index (χ0v) is 11.3. The number of alkyl halides is 3. The highest BCUT2D eigenvalue weighted by Crippen LogP contribution is 2.31. The molecule has 0 aliphatic carbocycles. The minimum absolute atomic E-state index is 0.241. The molecule has 0 atom stereocenters. The molecule has 7 heteroatoms. The van der Waals surface area contributed by atoms with E-state index < -0.39 is 6.36 Å². The van der Waals surface area contributed by atoms with Crippen LogP contribution in [0.1, 0.15) is 0 Å². The van der Waals surface area contributed by atoms with Gasteiger partial charge in [-0.3, -0.25) is 0 Å². The van der Waals surface area contributed by atoms with Gasteiger partial charge in [-0.15, -0.1) is 13.2 Å². The lowest BCUT2D eigenvalue weighted by Crippen LogP contribution is -2.16. The molecule has 3 aromatic rings. The van der Waals surface area contributed by atoms with Gasteiger partial charge in [0.15, 0.2) is 5.13 Å². The summed E-state index contributed by atoms with van der Waals surface area (Å²) in [6, 6.07) is 11.3. The number of nitrogen functional groups attached to an aromatic ring is 1. The monoisotopic (exact) mass is 310 g/mol. The third-order valence-electron chi connectivity index (χ3n) is 2.83. The van der Waals surface area contributed by atoms with Crippen LogP contribution in [0.15, 0.2) is 42.5 Å². The van der Waals surface area contributed by atoms with Gasteiger partial charge < -0.3 is 10.5 Å². The average molecular weight is 310 g/mol. The molecule has 0 aliphatic rings. The second-order valence-electron chi connectivity index (χ2n) is 4.31. The first-order valence-corrected chi connectivity index (χ1v) is 6.75. The first-order chi connectivity index (χ1) is 9.90. The van der Waals surface area contributed by atoms with E-state index >= 15 is 0 Å². The Balaban J connectivity index is 1.91. The minimum Gasteiger partial charge on any atom is -0.406 e. The number of ether oxygens (including phenoxy) is 1. The summed E-state index contributed by atoms with van der Waals surface area (Å²) in [7, 11) is 0. The first kappa shape index (κ1) is 13.7. The zero-order valence-electron chi connectivity index (χ0n) is 10.5. The predicted octanol–water partition coefficient (Wildman–Crippen LogP) is 4.44. The summed E-state index contributed by atoms with van der Waals surface area (Å²) in [5.41, 5.74) is 8.12. The molecule has 0 unspecified atom stereocenters. The van der Waals surface area contributed by atoms with E-state index in [0.29, 0.717) is 5.13 Å². The molecule has 1 aromatic heterocycles. The largest absolute Gasteiger partial charge is 0.573 e. The van der Waals surface area contributed by atoms with Gasteiger partial charge in [0.25, 0.3) is 0 Å². The van der Waals surface area contributed by atoms with Crippen LogP contribution in [0.3, 0.4) is 0 Å². The van der Waals surface area contributed by atoms with Crippen LogP contribution in [0.25, 0.3) is 21.3 Å². The van der Waals surface area contributed by atoms with Crippen LogP contribution in [-0.2, 0) is 0 Å². The standard InChI is InChI=1S/C14H9F3N2OS/c15-14(16,17)20-10-4-1-8(2-5-10)9-3-6-11-12(7-9)21-13(18)19-11/h1-7H,(H2,18,19). The lowest BCUT2D eigenvalue weighted by Gasteiger charge is -2.09. The molecule has 0 aliphatic heterocycles. The van der Waals surface area contributed by atoms with Crippen molar-refractivity contribution in [3.63, 3.8) is 0 Å². The van der Waals surface area contributed by atoms with Crippen molar-refractivity contribution in [1.82, 2.24) is 4.98 Å². The van der Waals surface area contributed by atoms with E-state index in [1.54, 1.807) is 12.1 Å². The van der Waals surface area contributed by atoms with Gasteiger partial charge in [0, 0.05) is 0 Å². The number of aromatic nitrogens is 1. The molecule has 0 radical (unpaired) electrons. The summed E-state index contributed by atoms with van der Waals surface area (Å²) >= 11 is 1.37. The van der Waals surface area contributed by atoms with E-state index in [9.17, 15) is 13.2 Å². The number of anilines is 1. The second-order valence-corrected chi connectivity index (χ2v) is 5.37. The van der Waals surface area contributed by atoms with Crippen molar-refractivity contribution >= 4 is 26.7 Å². The molecule has 1 heterocycles. The van der Waals surface area contributed by atoms with Gasteiger partial charge in [0.2, 0.25) is 0 Å². The second kappa shape index (κ2) is 4.92. The Hall–Kier alpha value is -2.28. The average Bonchev–Trinajstić information content (AvgIpc) is 2.76. The number of nitrogens with zero attached hydrogens (tertiary/aromatic N) is 1. The number of benzene rings is 2. The van der Waals surface area contributed by atoms with Crippen LogP contribution >= 0.6 is 11.3 Å². The number of hydrogen-bond acceptors (Lipinski definition) is 4. The summed E-state index contributed by atoms with van der Waals surface area (Å²) in [5, 5.41) is 0.482. The Morgan fingerprint density at radius 1 is 1.00 bits per heavy atom. The maximum absolute atomic E-state index is 12.1. The molecule has 2 N–H and O–H groups in total. The lowest BCUT2D eigenvalue weighted by molar-refractivity contribution is -0.274. The molecule has 0 amide bonds. The van der Waals surface area contributed by atoms with Gasteiger partial charge in [0.1, 0.15) is 5.75 Å². The molecule has 0 saturated heterocycles. The number of thiazole rings is 1. The van der Waals surface area contributed by atoms with Crippen molar-refractivity contribution in [2.24, 2.45) is 0 Å². The van der Waals surface area contributed by atoms with Crippen molar-refractivity contribution in [1.29, 1.82) is 0 Å². The Kier molecular flexibility index (Phi) is 3.21. The first-order valence-electron chi connectivity index (χ1n) is 5.93. The molecular formula is C14H9F3N2OS. The molecule has 3 rings (SSSR count). The topological polar surface area (TPSA) is 48.1 Å². The lowest BCUT2D eigenvalue weighted by atomic mass is 10.1. The van der Waals surface area contributed by atoms with Crippen molar-refractivity contribution in [2.75, 3.05) is 5.73 Å². The fourth-order valence-electron chi connectivity index (χ4n) is 1.97. The Morgan fingerprint density at radius 2 is 1.67 bits per heavy atom. The Morgan fingerprint density at radius 3 is 2.33 bits per heavy atom. The van der Waals surface area contributed by atoms with Crippen LogP contribution in [0, 0.1) is 0 Å². The third-order valence-corrected chi connectivity index (χ3v) is 3.67. The third kappa shape index (κ3) is 3.08. The molecule has 0 fully saturated rings. The summed E-state index contributed by atoms with van der Waals surface area (Å²) in [5.74, 6) is -0.241. The van der Waals surface area contributed by atoms with E-state index in [-0.39, 0.29) is 5.75 Å². The van der Waals surface area contributed by atoms with E-state index in [4.69, 9.17) is 5.73 Å². The molecule has 3 nitrogen and oxygen atoms in total. The molecule has 2 aromatic carbocycles.